The summed E-state index contributed by atoms with van der Waals surface area (Å²) in [6.45, 7) is 3.68. The van der Waals surface area contributed by atoms with Gasteiger partial charge in [-0.2, -0.15) is 0 Å². The number of carbonyl (C=O) groups excluding carboxylic acids is 1. The first-order chi connectivity index (χ1) is 14.0. The highest BCUT2D eigenvalue weighted by atomic mass is 35.5. The molecule has 1 N–H and O–H groups in total. The Labute approximate surface area is 181 Å². The minimum atomic E-state index is -0.367. The highest BCUT2D eigenvalue weighted by Gasteiger charge is 2.26. The number of fused-ring (bicyclic) bond motifs is 1. The molecule has 1 aliphatic heterocycles. The molecule has 1 saturated heterocycles. The zero-order valence-electron chi connectivity index (χ0n) is 17.0. The van der Waals surface area contributed by atoms with Crippen LogP contribution in [-0.2, 0) is 4.74 Å². The molecule has 158 valence electrons. The van der Waals surface area contributed by atoms with Gasteiger partial charge in [-0.05, 0) is 68.3 Å². The van der Waals surface area contributed by atoms with E-state index < -0.39 is 0 Å². The minimum absolute atomic E-state index is 0. The molecule has 1 aliphatic rings. The number of hydrogen-bond donors (Lipinski definition) is 1. The van der Waals surface area contributed by atoms with E-state index >= 15 is 0 Å². The minimum Gasteiger partial charge on any atom is -0.383 e. The molecule has 5 nitrogen and oxygen atoms in total. The van der Waals surface area contributed by atoms with E-state index in [1.807, 2.05) is 25.1 Å². The van der Waals surface area contributed by atoms with Crippen LogP contribution in [0.3, 0.4) is 0 Å². The Bertz CT molecular complexity index is 1040. The van der Waals surface area contributed by atoms with Crippen molar-refractivity contribution in [3.63, 3.8) is 0 Å². The van der Waals surface area contributed by atoms with Crippen molar-refractivity contribution in [2.24, 2.45) is 0 Å². The van der Waals surface area contributed by atoms with E-state index in [9.17, 15) is 9.18 Å². The van der Waals surface area contributed by atoms with Crippen LogP contribution in [0.2, 0.25) is 0 Å². The average Bonchev–Trinajstić information content (AvgIpc) is 3.16. The largest absolute Gasteiger partial charge is 0.383 e. The third kappa shape index (κ3) is 4.55. The lowest BCUT2D eigenvalue weighted by molar-refractivity contribution is 0.102. The summed E-state index contributed by atoms with van der Waals surface area (Å²) in [4.78, 5) is 19.5. The predicted molar refractivity (Wildman–Crippen MR) is 120 cm³/mol. The molecular formula is C23H25ClFN3O2. The molecule has 2 aromatic carbocycles. The van der Waals surface area contributed by atoms with Gasteiger partial charge in [0.05, 0.1) is 18.2 Å². The summed E-state index contributed by atoms with van der Waals surface area (Å²) >= 11 is 0. The molecule has 30 heavy (non-hydrogen) atoms. The van der Waals surface area contributed by atoms with Gasteiger partial charge in [-0.25, -0.2) is 4.39 Å². The van der Waals surface area contributed by atoms with Crippen LogP contribution in [0.15, 0.2) is 48.5 Å². The molecule has 0 radical (unpaired) electrons. The number of carbonyl (C=O) groups is 1. The number of nitrogens with zero attached hydrogens (tertiary/aromatic N) is 2. The molecular weight excluding hydrogens is 405 g/mol. The van der Waals surface area contributed by atoms with E-state index in [1.54, 1.807) is 7.11 Å². The van der Waals surface area contributed by atoms with Crippen molar-refractivity contribution in [2.75, 3.05) is 30.5 Å². The SMILES string of the molecule is COC[C@H]1CCCN1c1cc(C)nc2cc(NC(=O)c3ccc(F)cc3)ccc12.Cl. The van der Waals surface area contributed by atoms with Crippen molar-refractivity contribution in [1.82, 2.24) is 4.98 Å². The van der Waals surface area contributed by atoms with Crippen molar-refractivity contribution >= 4 is 40.6 Å². The van der Waals surface area contributed by atoms with Crippen LogP contribution in [0, 0.1) is 12.7 Å². The zero-order chi connectivity index (χ0) is 20.4. The highest BCUT2D eigenvalue weighted by molar-refractivity contribution is 6.05. The van der Waals surface area contributed by atoms with Crippen molar-refractivity contribution in [2.45, 2.75) is 25.8 Å². The van der Waals surface area contributed by atoms with Gasteiger partial charge < -0.3 is 15.0 Å². The van der Waals surface area contributed by atoms with E-state index in [4.69, 9.17) is 4.74 Å². The van der Waals surface area contributed by atoms with Crippen LogP contribution in [0.25, 0.3) is 10.9 Å². The van der Waals surface area contributed by atoms with Crippen LogP contribution >= 0.6 is 12.4 Å². The molecule has 0 spiro atoms. The first-order valence-electron chi connectivity index (χ1n) is 9.79. The van der Waals surface area contributed by atoms with Crippen molar-refractivity contribution in [3.8, 4) is 0 Å². The van der Waals surface area contributed by atoms with Gasteiger partial charge in [-0.3, -0.25) is 9.78 Å². The quantitative estimate of drug-likeness (QED) is 0.622. The third-order valence-corrected chi connectivity index (χ3v) is 5.33. The number of ether oxygens (including phenoxy) is 1. The lowest BCUT2D eigenvalue weighted by Gasteiger charge is -2.28. The number of rotatable bonds is 5. The third-order valence-electron chi connectivity index (χ3n) is 5.33. The first kappa shape index (κ1) is 22.0. The van der Waals surface area contributed by atoms with Gasteiger partial charge in [0.15, 0.2) is 0 Å². The Morgan fingerprint density at radius 2 is 2.00 bits per heavy atom. The van der Waals surface area contributed by atoms with E-state index in [-0.39, 0.29) is 24.1 Å². The fraction of sp³-hybridized carbons (Fsp3) is 0.304. The summed E-state index contributed by atoms with van der Waals surface area (Å²) in [5.41, 5.74) is 3.98. The number of nitrogens with one attached hydrogen (secondary N) is 1. The zero-order valence-corrected chi connectivity index (χ0v) is 17.8. The number of amides is 1. The maximum atomic E-state index is 13.1. The van der Waals surface area contributed by atoms with Gasteiger partial charge >= 0.3 is 0 Å². The van der Waals surface area contributed by atoms with Gasteiger partial charge in [0.25, 0.3) is 5.91 Å². The molecule has 1 amide bonds. The van der Waals surface area contributed by atoms with Crippen molar-refractivity contribution < 1.29 is 13.9 Å². The number of aromatic nitrogens is 1. The van der Waals surface area contributed by atoms with Crippen LogP contribution in [-0.4, -0.2) is 37.2 Å². The van der Waals surface area contributed by atoms with E-state index in [0.717, 1.165) is 41.7 Å². The van der Waals surface area contributed by atoms with E-state index in [1.165, 1.54) is 24.3 Å². The van der Waals surface area contributed by atoms with Gasteiger partial charge in [-0.1, -0.05) is 0 Å². The Balaban J connectivity index is 0.00000256. The van der Waals surface area contributed by atoms with Crippen LogP contribution in [0.5, 0.6) is 0 Å². The number of pyridine rings is 1. The molecule has 1 aromatic heterocycles. The predicted octanol–water partition coefficient (Wildman–Crippen LogP) is 4.97. The molecule has 1 atom stereocenters. The Hall–Kier alpha value is -2.70. The summed E-state index contributed by atoms with van der Waals surface area (Å²) in [7, 11) is 1.74. The molecule has 7 heteroatoms. The van der Waals surface area contributed by atoms with Crippen LogP contribution in [0.4, 0.5) is 15.8 Å². The van der Waals surface area contributed by atoms with Crippen molar-refractivity contribution in [1.29, 1.82) is 0 Å². The number of hydrogen-bond acceptors (Lipinski definition) is 4. The molecule has 0 saturated carbocycles. The monoisotopic (exact) mass is 429 g/mol. The summed E-state index contributed by atoms with van der Waals surface area (Å²) in [5, 5.41) is 3.93. The second-order valence-electron chi connectivity index (χ2n) is 7.42. The van der Waals surface area contributed by atoms with Crippen LogP contribution in [0.1, 0.15) is 28.9 Å². The van der Waals surface area contributed by atoms with Crippen molar-refractivity contribution in [3.05, 3.63) is 65.6 Å². The first-order valence-corrected chi connectivity index (χ1v) is 9.79. The Morgan fingerprint density at radius 3 is 2.73 bits per heavy atom. The number of benzene rings is 2. The lowest BCUT2D eigenvalue weighted by atomic mass is 10.1. The maximum absolute atomic E-state index is 13.1. The van der Waals surface area contributed by atoms with E-state index in [0.29, 0.717) is 23.9 Å². The Kier molecular flexibility index (Phi) is 6.90. The smallest absolute Gasteiger partial charge is 0.255 e. The molecule has 0 bridgehead atoms. The molecule has 1 fully saturated rings. The standard InChI is InChI=1S/C23H24FN3O2.ClH/c1-15-12-22(27-11-3-4-19(27)14-29-2)20-10-9-18(13-21(20)25-15)26-23(28)16-5-7-17(24)8-6-16;/h5-10,12-13,19H,3-4,11,14H2,1-2H3,(H,26,28);1H/t19-;/m1./s1. The highest BCUT2D eigenvalue weighted by Crippen LogP contribution is 2.33. The summed E-state index contributed by atoms with van der Waals surface area (Å²) < 4.78 is 18.5. The second-order valence-corrected chi connectivity index (χ2v) is 7.42. The van der Waals surface area contributed by atoms with E-state index in [2.05, 4.69) is 21.3 Å². The van der Waals surface area contributed by atoms with Gasteiger partial charge in [0.2, 0.25) is 0 Å². The average molecular weight is 430 g/mol. The molecule has 4 rings (SSSR count). The number of anilines is 2. The Morgan fingerprint density at radius 1 is 1.23 bits per heavy atom. The summed E-state index contributed by atoms with van der Waals surface area (Å²) in [6.07, 6.45) is 2.26. The van der Waals surface area contributed by atoms with Crippen LogP contribution < -0.4 is 10.2 Å². The normalized spacial score (nSPS) is 15.8. The number of methoxy groups -OCH3 is 1. The second kappa shape index (κ2) is 9.41. The lowest BCUT2D eigenvalue weighted by Crippen LogP contribution is -2.33. The maximum Gasteiger partial charge on any atom is 0.255 e. The number of aryl methyl sites for hydroxylation is 1. The number of halogens is 2. The molecule has 2 heterocycles. The summed E-state index contributed by atoms with van der Waals surface area (Å²) in [5.74, 6) is -0.648. The topological polar surface area (TPSA) is 54.5 Å². The fourth-order valence-corrected chi connectivity index (χ4v) is 3.98. The van der Waals surface area contributed by atoms with Gasteiger partial charge in [-0.15, -0.1) is 12.4 Å². The molecule has 0 aliphatic carbocycles. The summed E-state index contributed by atoms with van der Waals surface area (Å²) in [6, 6.07) is 13.7. The molecule has 3 aromatic rings. The van der Waals surface area contributed by atoms with Gasteiger partial charge in [0.1, 0.15) is 5.82 Å². The fourth-order valence-electron chi connectivity index (χ4n) is 3.98. The van der Waals surface area contributed by atoms with Gasteiger partial charge in [0, 0.05) is 41.7 Å². The molecule has 0 unspecified atom stereocenters.